The number of halogens is 1. The number of carbonyl (C=O) groups excluding carboxylic acids is 1. The van der Waals surface area contributed by atoms with Crippen LogP contribution in [0.1, 0.15) is 0 Å². The van der Waals surface area contributed by atoms with Crippen molar-refractivity contribution in [1.29, 1.82) is 0 Å². The summed E-state index contributed by atoms with van der Waals surface area (Å²) in [4.78, 5) is 27.8. The molecule has 8 heteroatoms. The number of pyridine rings is 1. The lowest BCUT2D eigenvalue weighted by Gasteiger charge is -2.19. The molecule has 1 rings (SSSR count). The number of carboxylic acid groups (broad SMARTS) is 1. The molecule has 0 aliphatic carbocycles. The molecule has 0 radical (unpaired) electrons. The summed E-state index contributed by atoms with van der Waals surface area (Å²) in [6, 6.07) is 1.96. The number of aliphatic hydroxyl groups is 1. The van der Waals surface area contributed by atoms with Gasteiger partial charge in [-0.25, -0.2) is 9.78 Å². The van der Waals surface area contributed by atoms with Gasteiger partial charge in [-0.15, -0.1) is 0 Å². The van der Waals surface area contributed by atoms with Gasteiger partial charge in [0.1, 0.15) is 11.9 Å². The molecule has 1 amide bonds. The maximum absolute atomic E-state index is 11.6. The Morgan fingerprint density at radius 1 is 1.53 bits per heavy atom. The van der Waals surface area contributed by atoms with E-state index in [0.717, 1.165) is 0 Å². The molecule has 0 bridgehead atoms. The van der Waals surface area contributed by atoms with Crippen molar-refractivity contribution in [2.45, 2.75) is 6.04 Å². The van der Waals surface area contributed by atoms with Gasteiger partial charge in [-0.3, -0.25) is 4.79 Å². The minimum absolute atomic E-state index is 0.0849. The van der Waals surface area contributed by atoms with Gasteiger partial charge in [-0.1, -0.05) is 11.6 Å². The average molecular weight is 288 g/mol. The summed E-state index contributed by atoms with van der Waals surface area (Å²) in [6.45, 7) is -0.748. The van der Waals surface area contributed by atoms with Crippen LogP contribution in [-0.2, 0) is 9.59 Å². The van der Waals surface area contributed by atoms with Crippen LogP contribution in [0.2, 0.25) is 5.02 Å². The zero-order valence-electron chi connectivity index (χ0n) is 10.2. The van der Waals surface area contributed by atoms with Gasteiger partial charge < -0.3 is 20.4 Å². The fraction of sp³-hybridized carbons (Fsp3) is 0.364. The Morgan fingerprint density at radius 2 is 2.21 bits per heavy atom. The Balaban J connectivity index is 2.56. The number of hydrogen-bond acceptors (Lipinski definition) is 5. The monoisotopic (exact) mass is 287 g/mol. The number of aliphatic hydroxyl groups excluding tert-OH is 1. The average Bonchev–Trinajstić information content (AvgIpc) is 2.36. The first kappa shape index (κ1) is 15.2. The van der Waals surface area contributed by atoms with Gasteiger partial charge in [-0.05, 0) is 12.1 Å². The Hall–Kier alpha value is -1.86. The zero-order valence-corrected chi connectivity index (χ0v) is 11.0. The number of amides is 1. The maximum atomic E-state index is 11.6. The molecule has 0 fully saturated rings. The molecule has 0 aliphatic rings. The second-order valence-electron chi connectivity index (χ2n) is 3.83. The molecule has 0 aromatic carbocycles. The van der Waals surface area contributed by atoms with E-state index in [-0.39, 0.29) is 6.54 Å². The molecule has 1 aromatic heterocycles. The lowest BCUT2D eigenvalue weighted by Crippen LogP contribution is -2.47. The molecule has 0 unspecified atom stereocenters. The number of hydrogen-bond donors (Lipinski definition) is 3. The summed E-state index contributed by atoms with van der Waals surface area (Å²) >= 11 is 5.69. The van der Waals surface area contributed by atoms with Crippen LogP contribution >= 0.6 is 11.6 Å². The van der Waals surface area contributed by atoms with Gasteiger partial charge in [0.05, 0.1) is 18.2 Å². The molecular weight excluding hydrogens is 274 g/mol. The Labute approximate surface area is 114 Å². The smallest absolute Gasteiger partial charge is 0.328 e. The first-order valence-electron chi connectivity index (χ1n) is 5.39. The van der Waals surface area contributed by atoms with E-state index in [2.05, 4.69) is 10.3 Å². The third kappa shape index (κ3) is 4.72. The number of nitrogens with one attached hydrogen (secondary N) is 1. The standard InChI is InChI=1S/C11H14ClN3O4/c1-15(9-3-2-7(12)4-13-9)5-10(17)14-8(6-16)11(18)19/h2-4,8,16H,5-6H2,1H3,(H,14,17)(H,18,19)/t8-/m0/s1. The Bertz CT molecular complexity index is 452. The number of aliphatic carboxylic acids is 1. The number of nitrogens with zero attached hydrogens (tertiary/aromatic N) is 2. The highest BCUT2D eigenvalue weighted by molar-refractivity contribution is 6.30. The summed E-state index contributed by atoms with van der Waals surface area (Å²) < 4.78 is 0. The molecule has 1 heterocycles. The minimum Gasteiger partial charge on any atom is -0.480 e. The van der Waals surface area contributed by atoms with Crippen molar-refractivity contribution >= 4 is 29.3 Å². The van der Waals surface area contributed by atoms with Gasteiger partial charge in [0.2, 0.25) is 5.91 Å². The number of aromatic nitrogens is 1. The first-order chi connectivity index (χ1) is 8.93. The Kier molecular flexibility index (Phi) is 5.53. The van der Waals surface area contributed by atoms with Crippen molar-refractivity contribution in [1.82, 2.24) is 10.3 Å². The van der Waals surface area contributed by atoms with Crippen LogP contribution in [-0.4, -0.2) is 53.3 Å². The second kappa shape index (κ2) is 6.91. The highest BCUT2D eigenvalue weighted by atomic mass is 35.5. The molecule has 0 aliphatic heterocycles. The van der Waals surface area contributed by atoms with Crippen LogP contribution in [0.3, 0.4) is 0 Å². The molecule has 3 N–H and O–H groups in total. The van der Waals surface area contributed by atoms with Crippen molar-refractivity contribution in [3.63, 3.8) is 0 Å². The van der Waals surface area contributed by atoms with Gasteiger partial charge >= 0.3 is 5.97 Å². The predicted molar refractivity (Wildman–Crippen MR) is 69.2 cm³/mol. The van der Waals surface area contributed by atoms with Crippen LogP contribution in [0.25, 0.3) is 0 Å². The van der Waals surface area contributed by atoms with Gasteiger partial charge in [0.15, 0.2) is 0 Å². The molecule has 0 spiro atoms. The van der Waals surface area contributed by atoms with E-state index in [1.807, 2.05) is 0 Å². The van der Waals surface area contributed by atoms with Crippen LogP contribution in [0.15, 0.2) is 18.3 Å². The van der Waals surface area contributed by atoms with Gasteiger partial charge in [0.25, 0.3) is 0 Å². The van der Waals surface area contributed by atoms with E-state index < -0.39 is 24.5 Å². The Morgan fingerprint density at radius 3 is 2.68 bits per heavy atom. The summed E-state index contributed by atoms with van der Waals surface area (Å²) in [7, 11) is 1.63. The number of likely N-dealkylation sites (N-methyl/N-ethyl adjacent to an activating group) is 1. The molecule has 104 valence electrons. The quantitative estimate of drug-likeness (QED) is 0.666. The predicted octanol–water partition coefficient (Wildman–Crippen LogP) is -0.267. The zero-order chi connectivity index (χ0) is 14.4. The summed E-state index contributed by atoms with van der Waals surface area (Å²) in [6.07, 6.45) is 1.44. The minimum atomic E-state index is -1.31. The van der Waals surface area contributed by atoms with Crippen molar-refractivity contribution in [2.75, 3.05) is 25.1 Å². The molecule has 7 nitrogen and oxygen atoms in total. The summed E-state index contributed by atoms with van der Waals surface area (Å²) in [5.74, 6) is -1.29. The number of carboxylic acids is 1. The van der Waals surface area contributed by atoms with E-state index in [9.17, 15) is 9.59 Å². The molecular formula is C11H14ClN3O4. The number of carbonyl (C=O) groups is 2. The summed E-state index contributed by atoms with van der Waals surface area (Å²) in [5.41, 5.74) is 0. The van der Waals surface area contributed by atoms with Crippen molar-refractivity contribution < 1.29 is 19.8 Å². The molecule has 0 saturated carbocycles. The molecule has 1 aromatic rings. The topological polar surface area (TPSA) is 103 Å². The molecule has 1 atom stereocenters. The van der Waals surface area contributed by atoms with Crippen LogP contribution in [0, 0.1) is 0 Å². The van der Waals surface area contributed by atoms with E-state index in [1.54, 1.807) is 19.2 Å². The second-order valence-corrected chi connectivity index (χ2v) is 4.27. The lowest BCUT2D eigenvalue weighted by atomic mass is 10.3. The van der Waals surface area contributed by atoms with E-state index in [4.69, 9.17) is 21.8 Å². The fourth-order valence-corrected chi connectivity index (χ4v) is 1.43. The van der Waals surface area contributed by atoms with Crippen LogP contribution < -0.4 is 10.2 Å². The maximum Gasteiger partial charge on any atom is 0.328 e. The normalized spacial score (nSPS) is 11.7. The van der Waals surface area contributed by atoms with Gasteiger partial charge in [0, 0.05) is 13.2 Å². The largest absolute Gasteiger partial charge is 0.480 e. The highest BCUT2D eigenvalue weighted by Gasteiger charge is 2.19. The van der Waals surface area contributed by atoms with E-state index >= 15 is 0 Å². The number of anilines is 1. The lowest BCUT2D eigenvalue weighted by molar-refractivity contribution is -0.142. The molecule has 0 saturated heterocycles. The van der Waals surface area contributed by atoms with Crippen molar-refractivity contribution in [3.8, 4) is 0 Å². The third-order valence-electron chi connectivity index (χ3n) is 2.30. The van der Waals surface area contributed by atoms with E-state index in [1.165, 1.54) is 11.1 Å². The third-order valence-corrected chi connectivity index (χ3v) is 2.52. The SMILES string of the molecule is CN(CC(=O)N[C@@H](CO)C(=O)O)c1ccc(Cl)cn1. The number of rotatable bonds is 6. The molecule has 19 heavy (non-hydrogen) atoms. The van der Waals surface area contributed by atoms with Crippen molar-refractivity contribution in [3.05, 3.63) is 23.4 Å². The van der Waals surface area contributed by atoms with Gasteiger partial charge in [-0.2, -0.15) is 0 Å². The van der Waals surface area contributed by atoms with Crippen molar-refractivity contribution in [2.24, 2.45) is 0 Å². The fourth-order valence-electron chi connectivity index (χ4n) is 1.32. The van der Waals surface area contributed by atoms with Crippen LogP contribution in [0.4, 0.5) is 5.82 Å². The highest BCUT2D eigenvalue weighted by Crippen LogP contribution is 2.12. The van der Waals surface area contributed by atoms with E-state index in [0.29, 0.717) is 10.8 Å². The summed E-state index contributed by atoms with van der Waals surface area (Å²) in [5, 5.41) is 20.2. The first-order valence-corrected chi connectivity index (χ1v) is 5.77. The van der Waals surface area contributed by atoms with Crippen LogP contribution in [0.5, 0.6) is 0 Å².